The Morgan fingerprint density at radius 3 is 2.80 bits per heavy atom. The largest absolute Gasteiger partial charge is 0.320 e. The molecule has 0 aliphatic heterocycles. The number of carbonyl (C=O) groups excluding carboxylic acids is 1. The SMILES string of the molecule is O=C(Nc1cccnc1Br)c1cc([N+](=O)[O-])ccc1F. The Kier molecular flexibility index (Phi) is 4.04. The summed E-state index contributed by atoms with van der Waals surface area (Å²) in [6.45, 7) is 0. The number of nitro benzene ring substituents is 1. The van der Waals surface area contributed by atoms with E-state index in [-0.39, 0.29) is 5.69 Å². The molecule has 0 aliphatic rings. The average Bonchev–Trinajstić information content (AvgIpc) is 2.41. The molecule has 0 spiro atoms. The van der Waals surface area contributed by atoms with E-state index >= 15 is 0 Å². The van der Waals surface area contributed by atoms with Crippen molar-refractivity contribution in [1.82, 2.24) is 4.98 Å². The molecule has 2 aromatic rings. The van der Waals surface area contributed by atoms with E-state index in [1.54, 1.807) is 12.1 Å². The molecular weight excluding hydrogens is 333 g/mol. The summed E-state index contributed by atoms with van der Waals surface area (Å²) in [6, 6.07) is 5.90. The Morgan fingerprint density at radius 2 is 2.15 bits per heavy atom. The lowest BCUT2D eigenvalue weighted by molar-refractivity contribution is -0.384. The Morgan fingerprint density at radius 1 is 1.40 bits per heavy atom. The summed E-state index contributed by atoms with van der Waals surface area (Å²) in [5.74, 6) is -1.63. The molecule has 1 heterocycles. The molecule has 8 heteroatoms. The third-order valence-electron chi connectivity index (χ3n) is 2.41. The van der Waals surface area contributed by atoms with Crippen LogP contribution in [0.4, 0.5) is 15.8 Å². The van der Waals surface area contributed by atoms with Gasteiger partial charge in [-0.1, -0.05) is 0 Å². The normalized spacial score (nSPS) is 10.1. The zero-order valence-electron chi connectivity index (χ0n) is 9.84. The van der Waals surface area contributed by atoms with E-state index in [0.717, 1.165) is 18.2 Å². The lowest BCUT2D eigenvalue weighted by Gasteiger charge is -2.07. The van der Waals surface area contributed by atoms with Crippen LogP contribution in [-0.2, 0) is 0 Å². The molecule has 1 aromatic heterocycles. The maximum absolute atomic E-state index is 13.6. The summed E-state index contributed by atoms with van der Waals surface area (Å²) in [5.41, 5.74) is -0.430. The fraction of sp³-hybridized carbons (Fsp3) is 0. The van der Waals surface area contributed by atoms with Gasteiger partial charge in [0, 0.05) is 18.3 Å². The van der Waals surface area contributed by atoms with E-state index in [1.807, 2.05) is 0 Å². The molecule has 0 unspecified atom stereocenters. The second-order valence-corrected chi connectivity index (χ2v) is 4.47. The standard InChI is InChI=1S/C12H7BrFN3O3/c13-11-10(2-1-5-15-11)16-12(18)8-6-7(17(19)20)3-4-9(8)14/h1-6H,(H,16,18). The molecule has 0 radical (unpaired) electrons. The molecule has 0 saturated carbocycles. The second kappa shape index (κ2) is 5.74. The predicted molar refractivity (Wildman–Crippen MR) is 72.9 cm³/mol. The molecule has 1 N–H and O–H groups in total. The van der Waals surface area contributed by atoms with Crippen molar-refractivity contribution in [3.63, 3.8) is 0 Å². The van der Waals surface area contributed by atoms with Crippen molar-refractivity contribution < 1.29 is 14.1 Å². The fourth-order valence-electron chi connectivity index (χ4n) is 1.47. The van der Waals surface area contributed by atoms with Crippen molar-refractivity contribution >= 4 is 33.2 Å². The lowest BCUT2D eigenvalue weighted by atomic mass is 10.1. The molecule has 2 rings (SSSR count). The number of aromatic nitrogens is 1. The van der Waals surface area contributed by atoms with Gasteiger partial charge in [0.05, 0.1) is 16.2 Å². The minimum atomic E-state index is -0.840. The van der Waals surface area contributed by atoms with Crippen LogP contribution in [-0.4, -0.2) is 15.8 Å². The van der Waals surface area contributed by atoms with E-state index < -0.39 is 22.2 Å². The molecular formula is C12H7BrFN3O3. The number of anilines is 1. The highest BCUT2D eigenvalue weighted by atomic mass is 79.9. The third kappa shape index (κ3) is 2.97. The Labute approximate surface area is 120 Å². The van der Waals surface area contributed by atoms with Gasteiger partial charge in [-0.3, -0.25) is 14.9 Å². The monoisotopic (exact) mass is 339 g/mol. The van der Waals surface area contributed by atoms with Gasteiger partial charge in [0.15, 0.2) is 0 Å². The number of rotatable bonds is 3. The summed E-state index contributed by atoms with van der Waals surface area (Å²) in [4.78, 5) is 25.8. The van der Waals surface area contributed by atoms with Crippen LogP contribution in [0.15, 0.2) is 41.1 Å². The summed E-state index contributed by atoms with van der Waals surface area (Å²) < 4.78 is 14.0. The number of nitro groups is 1. The number of halogens is 2. The van der Waals surface area contributed by atoms with Crippen molar-refractivity contribution in [3.05, 3.63) is 62.6 Å². The minimum Gasteiger partial charge on any atom is -0.320 e. The van der Waals surface area contributed by atoms with Gasteiger partial charge in [-0.25, -0.2) is 9.37 Å². The molecule has 0 atom stereocenters. The van der Waals surface area contributed by atoms with Gasteiger partial charge < -0.3 is 5.32 Å². The molecule has 0 fully saturated rings. The zero-order valence-corrected chi connectivity index (χ0v) is 11.4. The molecule has 0 bridgehead atoms. The van der Waals surface area contributed by atoms with Crippen molar-refractivity contribution in [3.8, 4) is 0 Å². The van der Waals surface area contributed by atoms with Crippen LogP contribution in [0.2, 0.25) is 0 Å². The molecule has 0 saturated heterocycles. The summed E-state index contributed by atoms with van der Waals surface area (Å²) in [6.07, 6.45) is 1.51. The number of nitrogens with one attached hydrogen (secondary N) is 1. The highest BCUT2D eigenvalue weighted by Gasteiger charge is 2.17. The van der Waals surface area contributed by atoms with Crippen molar-refractivity contribution in [2.45, 2.75) is 0 Å². The van der Waals surface area contributed by atoms with Crippen molar-refractivity contribution in [2.24, 2.45) is 0 Å². The summed E-state index contributed by atoms with van der Waals surface area (Å²) in [5, 5.41) is 13.1. The highest BCUT2D eigenvalue weighted by molar-refractivity contribution is 9.10. The number of amides is 1. The number of carbonyl (C=O) groups is 1. The third-order valence-corrected chi connectivity index (χ3v) is 3.04. The first-order chi connectivity index (χ1) is 9.49. The highest BCUT2D eigenvalue weighted by Crippen LogP contribution is 2.21. The van der Waals surface area contributed by atoms with Gasteiger partial charge in [-0.05, 0) is 34.1 Å². The molecule has 20 heavy (non-hydrogen) atoms. The molecule has 6 nitrogen and oxygen atoms in total. The molecule has 1 aromatic carbocycles. The van der Waals surface area contributed by atoms with Gasteiger partial charge in [0.1, 0.15) is 10.4 Å². The Bertz CT molecular complexity index is 693. The number of non-ortho nitro benzene ring substituents is 1. The fourth-order valence-corrected chi connectivity index (χ4v) is 1.82. The molecule has 0 aliphatic carbocycles. The second-order valence-electron chi connectivity index (χ2n) is 3.72. The Balaban J connectivity index is 2.32. The van der Waals surface area contributed by atoms with Gasteiger partial charge >= 0.3 is 0 Å². The Hall–Kier alpha value is -2.35. The van der Waals surface area contributed by atoms with Crippen LogP contribution in [0.3, 0.4) is 0 Å². The van der Waals surface area contributed by atoms with E-state index in [0.29, 0.717) is 10.3 Å². The van der Waals surface area contributed by atoms with E-state index in [1.165, 1.54) is 6.20 Å². The zero-order chi connectivity index (χ0) is 14.7. The van der Waals surface area contributed by atoms with Crippen molar-refractivity contribution in [1.29, 1.82) is 0 Å². The smallest absolute Gasteiger partial charge is 0.270 e. The average molecular weight is 340 g/mol. The minimum absolute atomic E-state index is 0.336. The first-order valence-electron chi connectivity index (χ1n) is 5.35. The number of nitrogens with zero attached hydrogens (tertiary/aromatic N) is 2. The van der Waals surface area contributed by atoms with E-state index in [9.17, 15) is 19.3 Å². The van der Waals surface area contributed by atoms with Gasteiger partial charge in [0.2, 0.25) is 0 Å². The van der Waals surface area contributed by atoms with Gasteiger partial charge in [0.25, 0.3) is 11.6 Å². The van der Waals surface area contributed by atoms with Crippen LogP contribution in [0.25, 0.3) is 0 Å². The van der Waals surface area contributed by atoms with Gasteiger partial charge in [-0.15, -0.1) is 0 Å². The topological polar surface area (TPSA) is 85.1 Å². The summed E-state index contributed by atoms with van der Waals surface area (Å²) in [7, 11) is 0. The van der Waals surface area contributed by atoms with Gasteiger partial charge in [-0.2, -0.15) is 0 Å². The summed E-state index contributed by atoms with van der Waals surface area (Å²) >= 11 is 3.13. The van der Waals surface area contributed by atoms with E-state index in [4.69, 9.17) is 0 Å². The first-order valence-corrected chi connectivity index (χ1v) is 6.14. The van der Waals surface area contributed by atoms with Crippen molar-refractivity contribution in [2.75, 3.05) is 5.32 Å². The van der Waals surface area contributed by atoms with E-state index in [2.05, 4.69) is 26.2 Å². The first kappa shape index (κ1) is 14.1. The quantitative estimate of drug-likeness (QED) is 0.528. The maximum atomic E-state index is 13.6. The lowest BCUT2D eigenvalue weighted by Crippen LogP contribution is -2.14. The number of hydrogen-bond donors (Lipinski definition) is 1. The molecule has 102 valence electrons. The number of benzene rings is 1. The molecule has 1 amide bonds. The van der Waals surface area contributed by atoms with Crippen LogP contribution in [0.5, 0.6) is 0 Å². The van der Waals surface area contributed by atoms with Crippen LogP contribution < -0.4 is 5.32 Å². The van der Waals surface area contributed by atoms with Crippen LogP contribution in [0, 0.1) is 15.9 Å². The maximum Gasteiger partial charge on any atom is 0.270 e. The van der Waals surface area contributed by atoms with Crippen LogP contribution >= 0.6 is 15.9 Å². The van der Waals surface area contributed by atoms with Crippen LogP contribution in [0.1, 0.15) is 10.4 Å². The number of hydrogen-bond acceptors (Lipinski definition) is 4. The predicted octanol–water partition coefficient (Wildman–Crippen LogP) is 3.14. The number of pyridine rings is 1.